The number of hydrogen-bond donors (Lipinski definition) is 3. The van der Waals surface area contributed by atoms with Gasteiger partial charge in [0.1, 0.15) is 0 Å². The molecule has 2 amide bonds. The number of carbonyl (C=O) groups is 3. The van der Waals surface area contributed by atoms with Gasteiger partial charge < -0.3 is 20.5 Å². The first kappa shape index (κ1) is 19.2. The van der Waals surface area contributed by atoms with E-state index in [2.05, 4.69) is 10.6 Å². The lowest BCUT2D eigenvalue weighted by Crippen LogP contribution is -2.41. The summed E-state index contributed by atoms with van der Waals surface area (Å²) in [5, 5.41) is 14.1. The maximum atomic E-state index is 11.5. The molecule has 0 heterocycles. The number of hydrogen-bond acceptors (Lipinski definition) is 4. The van der Waals surface area contributed by atoms with Gasteiger partial charge in [-0.3, -0.25) is 9.59 Å². The van der Waals surface area contributed by atoms with E-state index in [0.29, 0.717) is 19.4 Å². The van der Waals surface area contributed by atoms with E-state index in [9.17, 15) is 14.4 Å². The van der Waals surface area contributed by atoms with E-state index in [-0.39, 0.29) is 36.9 Å². The molecule has 0 rings (SSSR count). The van der Waals surface area contributed by atoms with Crippen molar-refractivity contribution in [1.82, 2.24) is 10.6 Å². The number of carboxylic acid groups (broad SMARTS) is 1. The van der Waals surface area contributed by atoms with Crippen molar-refractivity contribution in [2.24, 2.45) is 5.92 Å². The molecule has 2 atom stereocenters. The highest BCUT2D eigenvalue weighted by atomic mass is 16.5. The maximum Gasteiger partial charge on any atom is 0.315 e. The molecule has 21 heavy (non-hydrogen) atoms. The van der Waals surface area contributed by atoms with E-state index in [1.165, 1.54) is 0 Å². The lowest BCUT2D eigenvalue weighted by atomic mass is 10.0. The molecule has 3 N–H and O–H groups in total. The predicted octanol–water partition coefficient (Wildman–Crippen LogP) is 1.52. The molecule has 0 aromatic rings. The van der Waals surface area contributed by atoms with Gasteiger partial charge in [0.15, 0.2) is 0 Å². The summed E-state index contributed by atoms with van der Waals surface area (Å²) in [7, 11) is 0. The van der Waals surface area contributed by atoms with E-state index >= 15 is 0 Å². The average molecular weight is 302 g/mol. The largest absolute Gasteiger partial charge is 0.481 e. The Bertz CT molecular complexity index is 346. The zero-order valence-corrected chi connectivity index (χ0v) is 13.0. The molecular weight excluding hydrogens is 276 g/mol. The van der Waals surface area contributed by atoms with Gasteiger partial charge in [0.05, 0.1) is 18.9 Å². The zero-order chi connectivity index (χ0) is 16.3. The van der Waals surface area contributed by atoms with Gasteiger partial charge in [-0.1, -0.05) is 13.3 Å². The topological polar surface area (TPSA) is 105 Å². The molecule has 0 saturated carbocycles. The van der Waals surface area contributed by atoms with E-state index in [0.717, 1.165) is 6.42 Å². The summed E-state index contributed by atoms with van der Waals surface area (Å²) in [6, 6.07) is -0.383. The molecule has 0 aliphatic heterocycles. The SMILES string of the molecule is CCOC(=O)CCNC(=O)NC(C)CCCC(C)C(=O)O. The van der Waals surface area contributed by atoms with Crippen LogP contribution < -0.4 is 10.6 Å². The Kier molecular flexibility index (Phi) is 10.0. The smallest absolute Gasteiger partial charge is 0.315 e. The highest BCUT2D eigenvalue weighted by molar-refractivity contribution is 5.75. The Morgan fingerprint density at radius 2 is 1.86 bits per heavy atom. The lowest BCUT2D eigenvalue weighted by molar-refractivity contribution is -0.143. The fraction of sp³-hybridized carbons (Fsp3) is 0.786. The number of urea groups is 1. The van der Waals surface area contributed by atoms with Crippen molar-refractivity contribution < 1.29 is 24.2 Å². The number of esters is 1. The minimum atomic E-state index is -0.799. The van der Waals surface area contributed by atoms with Crippen molar-refractivity contribution in [3.8, 4) is 0 Å². The van der Waals surface area contributed by atoms with E-state index in [1.807, 2.05) is 6.92 Å². The van der Waals surface area contributed by atoms with Crippen LogP contribution in [-0.4, -0.2) is 42.3 Å². The molecule has 0 saturated heterocycles. The van der Waals surface area contributed by atoms with Crippen molar-refractivity contribution in [3.63, 3.8) is 0 Å². The second kappa shape index (κ2) is 10.9. The second-order valence-corrected chi connectivity index (χ2v) is 5.03. The number of amides is 2. The van der Waals surface area contributed by atoms with Gasteiger partial charge in [-0.25, -0.2) is 4.79 Å². The highest BCUT2D eigenvalue weighted by Gasteiger charge is 2.12. The van der Waals surface area contributed by atoms with Gasteiger partial charge >= 0.3 is 18.0 Å². The minimum absolute atomic E-state index is 0.0476. The summed E-state index contributed by atoms with van der Waals surface area (Å²) in [5.74, 6) is -1.50. The normalized spacial score (nSPS) is 13.1. The Labute approximate surface area is 125 Å². The summed E-state index contributed by atoms with van der Waals surface area (Å²) in [5.41, 5.74) is 0. The molecular formula is C14H26N2O5. The minimum Gasteiger partial charge on any atom is -0.481 e. The third-order valence-corrected chi connectivity index (χ3v) is 2.99. The molecule has 0 aromatic carbocycles. The van der Waals surface area contributed by atoms with Crippen molar-refractivity contribution in [1.29, 1.82) is 0 Å². The lowest BCUT2D eigenvalue weighted by Gasteiger charge is -2.15. The molecule has 0 spiro atoms. The van der Waals surface area contributed by atoms with Gasteiger partial charge in [-0.05, 0) is 26.7 Å². The average Bonchev–Trinajstić information content (AvgIpc) is 2.38. The third-order valence-electron chi connectivity index (χ3n) is 2.99. The van der Waals surface area contributed by atoms with Gasteiger partial charge in [0, 0.05) is 12.6 Å². The third kappa shape index (κ3) is 10.6. The van der Waals surface area contributed by atoms with Crippen LogP contribution >= 0.6 is 0 Å². The highest BCUT2D eigenvalue weighted by Crippen LogP contribution is 2.09. The fourth-order valence-corrected chi connectivity index (χ4v) is 1.71. The summed E-state index contributed by atoms with van der Waals surface area (Å²) in [6.07, 6.45) is 2.18. The first-order valence-electron chi connectivity index (χ1n) is 7.29. The Hall–Kier alpha value is -1.79. The van der Waals surface area contributed by atoms with Crippen LogP contribution in [0.25, 0.3) is 0 Å². The Balaban J connectivity index is 3.70. The number of nitrogens with one attached hydrogen (secondary N) is 2. The standard InChI is InChI=1S/C14H26N2O5/c1-4-21-12(17)8-9-15-14(20)16-11(3)7-5-6-10(2)13(18)19/h10-11H,4-9H2,1-3H3,(H,18,19)(H2,15,16,20). The van der Waals surface area contributed by atoms with E-state index in [1.54, 1.807) is 13.8 Å². The molecule has 0 aliphatic carbocycles. The molecule has 7 heteroatoms. The molecule has 0 fully saturated rings. The van der Waals surface area contributed by atoms with Gasteiger partial charge in [0.25, 0.3) is 0 Å². The second-order valence-electron chi connectivity index (χ2n) is 5.03. The van der Waals surface area contributed by atoms with Crippen molar-refractivity contribution in [2.75, 3.05) is 13.2 Å². The Morgan fingerprint density at radius 1 is 1.19 bits per heavy atom. The molecule has 122 valence electrons. The first-order chi connectivity index (χ1) is 9.86. The summed E-state index contributed by atoms with van der Waals surface area (Å²) >= 11 is 0. The molecule has 0 radical (unpaired) electrons. The van der Waals surface area contributed by atoms with E-state index < -0.39 is 5.97 Å². The van der Waals surface area contributed by atoms with Crippen LogP contribution in [0.5, 0.6) is 0 Å². The molecule has 7 nitrogen and oxygen atoms in total. The number of rotatable bonds is 10. The van der Waals surface area contributed by atoms with Gasteiger partial charge in [-0.15, -0.1) is 0 Å². The molecule has 2 unspecified atom stereocenters. The van der Waals surface area contributed by atoms with Gasteiger partial charge in [0.2, 0.25) is 0 Å². The van der Waals surface area contributed by atoms with Crippen LogP contribution in [0.15, 0.2) is 0 Å². The van der Waals surface area contributed by atoms with Crippen molar-refractivity contribution >= 4 is 18.0 Å². The van der Waals surface area contributed by atoms with Crippen molar-refractivity contribution in [2.45, 2.75) is 52.5 Å². The van der Waals surface area contributed by atoms with Crippen LogP contribution in [0.2, 0.25) is 0 Å². The number of carboxylic acids is 1. The van der Waals surface area contributed by atoms with Crippen LogP contribution in [0.1, 0.15) is 46.5 Å². The predicted molar refractivity (Wildman–Crippen MR) is 77.9 cm³/mol. The van der Waals surface area contributed by atoms with Crippen molar-refractivity contribution in [3.05, 3.63) is 0 Å². The molecule has 0 bridgehead atoms. The van der Waals surface area contributed by atoms with Crippen LogP contribution in [0.3, 0.4) is 0 Å². The zero-order valence-electron chi connectivity index (χ0n) is 13.0. The number of aliphatic carboxylic acids is 1. The summed E-state index contributed by atoms with van der Waals surface area (Å²) < 4.78 is 4.74. The fourth-order valence-electron chi connectivity index (χ4n) is 1.71. The quantitative estimate of drug-likeness (QED) is 0.531. The van der Waals surface area contributed by atoms with Gasteiger partial charge in [-0.2, -0.15) is 0 Å². The summed E-state index contributed by atoms with van der Waals surface area (Å²) in [6.45, 7) is 5.81. The van der Waals surface area contributed by atoms with Crippen LogP contribution in [-0.2, 0) is 14.3 Å². The first-order valence-corrected chi connectivity index (χ1v) is 7.29. The van der Waals surface area contributed by atoms with Crippen LogP contribution in [0, 0.1) is 5.92 Å². The van der Waals surface area contributed by atoms with Crippen LogP contribution in [0.4, 0.5) is 4.79 Å². The Morgan fingerprint density at radius 3 is 2.43 bits per heavy atom. The number of ether oxygens (including phenoxy) is 1. The molecule has 0 aromatic heterocycles. The summed E-state index contributed by atoms with van der Waals surface area (Å²) in [4.78, 5) is 33.2. The van der Waals surface area contributed by atoms with E-state index in [4.69, 9.17) is 9.84 Å². The number of carbonyl (C=O) groups excluding carboxylic acids is 2. The maximum absolute atomic E-state index is 11.5. The molecule has 0 aliphatic rings. The monoisotopic (exact) mass is 302 g/mol.